The molecule has 1 aromatic heterocycles. The summed E-state index contributed by atoms with van der Waals surface area (Å²) in [6.45, 7) is 1.83. The Morgan fingerprint density at radius 2 is 1.86 bits per heavy atom. The molecule has 0 aliphatic carbocycles. The van der Waals surface area contributed by atoms with Crippen LogP contribution in [0.15, 0.2) is 69.2 Å². The Balaban J connectivity index is 2.07. The van der Waals surface area contributed by atoms with Gasteiger partial charge < -0.3 is 24.4 Å². The molecule has 7 heteroatoms. The van der Waals surface area contributed by atoms with Gasteiger partial charge in [0.15, 0.2) is 5.75 Å². The number of carbonyl (C=O) groups excluding carboxylic acids is 1. The zero-order valence-corrected chi connectivity index (χ0v) is 15.9. The van der Waals surface area contributed by atoms with Crippen molar-refractivity contribution >= 4 is 16.9 Å². The molecule has 1 unspecified atom stereocenters. The Morgan fingerprint density at radius 3 is 2.62 bits per heavy atom. The largest absolute Gasteiger partial charge is 0.496 e. The number of hydrogen-bond donors (Lipinski definition) is 1. The summed E-state index contributed by atoms with van der Waals surface area (Å²) >= 11 is 0. The summed E-state index contributed by atoms with van der Waals surface area (Å²) < 4.78 is 22.0. The van der Waals surface area contributed by atoms with Crippen LogP contribution in [0, 0.1) is 0 Å². The van der Waals surface area contributed by atoms with Gasteiger partial charge in [0.25, 0.3) is 0 Å². The molecule has 2 N–H and O–H groups in total. The Hall–Kier alpha value is -3.74. The molecule has 2 heterocycles. The quantitative estimate of drug-likeness (QED) is 0.537. The fraction of sp³-hybridized carbons (Fsp3) is 0.182. The molecule has 7 nitrogen and oxygen atoms in total. The van der Waals surface area contributed by atoms with Crippen LogP contribution >= 0.6 is 0 Å². The molecule has 4 rings (SSSR count). The number of fused-ring (bicyclic) bond motifs is 3. The molecule has 148 valence electrons. The summed E-state index contributed by atoms with van der Waals surface area (Å²) in [6.07, 6.45) is 0. The fourth-order valence-corrected chi connectivity index (χ4v) is 3.59. The van der Waals surface area contributed by atoms with Gasteiger partial charge in [-0.15, -0.1) is 0 Å². The van der Waals surface area contributed by atoms with Crippen molar-refractivity contribution in [2.24, 2.45) is 5.73 Å². The molecule has 1 atom stereocenters. The number of rotatable bonds is 4. The first-order valence-electron chi connectivity index (χ1n) is 9.10. The van der Waals surface area contributed by atoms with Crippen LogP contribution in [0.2, 0.25) is 0 Å². The van der Waals surface area contributed by atoms with E-state index in [-0.39, 0.29) is 29.4 Å². The first kappa shape index (κ1) is 18.6. The van der Waals surface area contributed by atoms with Gasteiger partial charge in [-0.05, 0) is 25.1 Å². The second-order valence-corrected chi connectivity index (χ2v) is 6.40. The van der Waals surface area contributed by atoms with E-state index in [2.05, 4.69) is 0 Å². The number of esters is 1. The molecule has 1 aliphatic heterocycles. The van der Waals surface area contributed by atoms with Gasteiger partial charge in [0.05, 0.1) is 30.6 Å². The van der Waals surface area contributed by atoms with Gasteiger partial charge in [0, 0.05) is 5.56 Å². The van der Waals surface area contributed by atoms with Gasteiger partial charge in [-0.25, -0.2) is 9.59 Å². The van der Waals surface area contributed by atoms with E-state index in [0.29, 0.717) is 22.3 Å². The summed E-state index contributed by atoms with van der Waals surface area (Å²) in [5, 5.41) is 0.577. The van der Waals surface area contributed by atoms with Crippen LogP contribution in [0.4, 0.5) is 0 Å². The Kier molecular flexibility index (Phi) is 4.72. The Morgan fingerprint density at radius 1 is 1.14 bits per heavy atom. The minimum absolute atomic E-state index is 0.0337. The summed E-state index contributed by atoms with van der Waals surface area (Å²) in [5.74, 6) is -0.901. The fourth-order valence-electron chi connectivity index (χ4n) is 3.59. The van der Waals surface area contributed by atoms with Crippen molar-refractivity contribution < 1.29 is 23.4 Å². The molecule has 0 amide bonds. The molecule has 0 saturated heterocycles. The third kappa shape index (κ3) is 3.00. The smallest absolute Gasteiger partial charge is 0.344 e. The Bertz CT molecular complexity index is 1190. The van der Waals surface area contributed by atoms with E-state index in [0.717, 1.165) is 0 Å². The molecule has 1 aliphatic rings. The highest BCUT2D eigenvalue weighted by atomic mass is 16.5. The van der Waals surface area contributed by atoms with Gasteiger partial charge in [0.1, 0.15) is 16.9 Å². The second-order valence-electron chi connectivity index (χ2n) is 6.40. The maximum Gasteiger partial charge on any atom is 0.344 e. The van der Waals surface area contributed by atoms with Crippen LogP contribution in [-0.2, 0) is 9.53 Å². The van der Waals surface area contributed by atoms with Gasteiger partial charge in [0.2, 0.25) is 5.88 Å². The van der Waals surface area contributed by atoms with E-state index < -0.39 is 17.5 Å². The van der Waals surface area contributed by atoms with E-state index in [1.54, 1.807) is 55.5 Å². The standard InChI is InChI=1S/C22H19NO6/c1-3-27-21(24)18-16(12-8-4-6-10-14(12)26-2)17-19(29-20(18)23)13-9-5-7-11-15(13)28-22(17)25/h4-11,16H,3,23H2,1-2H3. The average Bonchev–Trinajstić information content (AvgIpc) is 2.73. The lowest BCUT2D eigenvalue weighted by Crippen LogP contribution is -2.31. The van der Waals surface area contributed by atoms with Crippen LogP contribution in [0.25, 0.3) is 11.0 Å². The number of carbonyl (C=O) groups is 1. The van der Waals surface area contributed by atoms with E-state index in [1.807, 2.05) is 0 Å². The lowest BCUT2D eigenvalue weighted by molar-refractivity contribution is -0.139. The van der Waals surface area contributed by atoms with E-state index >= 15 is 0 Å². The second kappa shape index (κ2) is 7.35. The predicted molar refractivity (Wildman–Crippen MR) is 106 cm³/mol. The lowest BCUT2D eigenvalue weighted by atomic mass is 9.82. The molecular weight excluding hydrogens is 374 g/mol. The van der Waals surface area contributed by atoms with Crippen LogP contribution in [-0.4, -0.2) is 19.7 Å². The van der Waals surface area contributed by atoms with Crippen LogP contribution in [0.5, 0.6) is 11.5 Å². The van der Waals surface area contributed by atoms with Crippen LogP contribution in [0.1, 0.15) is 24.0 Å². The molecule has 0 fully saturated rings. The molecule has 2 aromatic carbocycles. The van der Waals surface area contributed by atoms with E-state index in [1.165, 1.54) is 7.11 Å². The number of ether oxygens (including phenoxy) is 3. The molecular formula is C22H19NO6. The predicted octanol–water partition coefficient (Wildman–Crippen LogP) is 3.06. The van der Waals surface area contributed by atoms with Crippen molar-refractivity contribution in [2.75, 3.05) is 13.7 Å². The van der Waals surface area contributed by atoms with Gasteiger partial charge in [-0.1, -0.05) is 30.3 Å². The lowest BCUT2D eigenvalue weighted by Gasteiger charge is -2.28. The maximum absolute atomic E-state index is 13.0. The highest BCUT2D eigenvalue weighted by Gasteiger charge is 2.40. The average molecular weight is 393 g/mol. The van der Waals surface area contributed by atoms with Crippen molar-refractivity contribution in [3.8, 4) is 11.5 Å². The van der Waals surface area contributed by atoms with Crippen molar-refractivity contribution in [1.82, 2.24) is 0 Å². The maximum atomic E-state index is 13.0. The molecule has 0 bridgehead atoms. The number of hydrogen-bond acceptors (Lipinski definition) is 7. The van der Waals surface area contributed by atoms with Crippen molar-refractivity contribution in [3.05, 3.63) is 81.5 Å². The minimum Gasteiger partial charge on any atom is -0.496 e. The summed E-state index contributed by atoms with van der Waals surface area (Å²) in [4.78, 5) is 25.8. The molecule has 0 spiro atoms. The normalized spacial score (nSPS) is 15.6. The summed E-state index contributed by atoms with van der Waals surface area (Å²) in [6, 6.07) is 14.1. The Labute approximate surface area is 166 Å². The third-order valence-corrected chi connectivity index (χ3v) is 4.80. The van der Waals surface area contributed by atoms with Gasteiger partial charge in [-0.2, -0.15) is 0 Å². The topological polar surface area (TPSA) is 101 Å². The molecule has 0 saturated carbocycles. The highest BCUT2D eigenvalue weighted by Crippen LogP contribution is 2.46. The summed E-state index contributed by atoms with van der Waals surface area (Å²) in [7, 11) is 1.51. The van der Waals surface area contributed by atoms with E-state index in [9.17, 15) is 9.59 Å². The van der Waals surface area contributed by atoms with Crippen LogP contribution < -0.4 is 20.8 Å². The first-order valence-corrected chi connectivity index (χ1v) is 9.10. The van der Waals surface area contributed by atoms with Crippen molar-refractivity contribution in [2.45, 2.75) is 12.8 Å². The SMILES string of the molecule is CCOC(=O)C1=C(N)Oc2c(c(=O)oc3ccccc23)C1c1ccccc1OC. The minimum atomic E-state index is -0.866. The van der Waals surface area contributed by atoms with Crippen molar-refractivity contribution in [1.29, 1.82) is 0 Å². The number of para-hydroxylation sites is 2. The number of benzene rings is 2. The van der Waals surface area contributed by atoms with Crippen LogP contribution in [0.3, 0.4) is 0 Å². The zero-order valence-electron chi connectivity index (χ0n) is 15.9. The number of methoxy groups -OCH3 is 1. The van der Waals surface area contributed by atoms with Gasteiger partial charge in [-0.3, -0.25) is 0 Å². The van der Waals surface area contributed by atoms with Crippen molar-refractivity contribution in [3.63, 3.8) is 0 Å². The highest BCUT2D eigenvalue weighted by molar-refractivity contribution is 5.95. The zero-order chi connectivity index (χ0) is 20.5. The number of nitrogens with two attached hydrogens (primary N) is 1. The molecule has 29 heavy (non-hydrogen) atoms. The monoisotopic (exact) mass is 393 g/mol. The molecule has 3 aromatic rings. The van der Waals surface area contributed by atoms with E-state index in [4.69, 9.17) is 24.4 Å². The van der Waals surface area contributed by atoms with Gasteiger partial charge >= 0.3 is 11.6 Å². The first-order chi connectivity index (χ1) is 14.1. The molecule has 0 radical (unpaired) electrons. The third-order valence-electron chi connectivity index (χ3n) is 4.80. The summed E-state index contributed by atoms with van der Waals surface area (Å²) in [5.41, 5.74) is 6.69.